The van der Waals surface area contributed by atoms with Gasteiger partial charge in [0.25, 0.3) is 0 Å². The van der Waals surface area contributed by atoms with Crippen molar-refractivity contribution in [1.82, 2.24) is 10.2 Å². The van der Waals surface area contributed by atoms with Crippen molar-refractivity contribution in [3.63, 3.8) is 0 Å². The van der Waals surface area contributed by atoms with Crippen molar-refractivity contribution in [2.75, 3.05) is 31.1 Å². The van der Waals surface area contributed by atoms with Crippen LogP contribution in [0, 0.1) is 6.92 Å². The Balaban J connectivity index is 1.83. The van der Waals surface area contributed by atoms with Crippen LogP contribution in [0.4, 0.5) is 0 Å². The quantitative estimate of drug-likeness (QED) is 0.897. The first-order valence-corrected chi connectivity index (χ1v) is 8.96. The molecule has 5 nitrogen and oxygen atoms in total. The van der Waals surface area contributed by atoms with Crippen LogP contribution in [0.1, 0.15) is 24.1 Å². The van der Waals surface area contributed by atoms with Crippen molar-refractivity contribution in [3.05, 3.63) is 35.4 Å². The number of carbonyl (C=O) groups excluding carboxylic acids is 1. The van der Waals surface area contributed by atoms with E-state index in [0.29, 0.717) is 13.1 Å². The number of benzene rings is 1. The Morgan fingerprint density at radius 2 is 1.81 bits per heavy atom. The van der Waals surface area contributed by atoms with Gasteiger partial charge in [-0.2, -0.15) is 0 Å². The van der Waals surface area contributed by atoms with Crippen molar-refractivity contribution >= 4 is 15.7 Å². The molecule has 1 fully saturated rings. The van der Waals surface area contributed by atoms with E-state index in [1.807, 2.05) is 43.0 Å². The molecule has 0 radical (unpaired) electrons. The van der Waals surface area contributed by atoms with Crippen LogP contribution in [0.15, 0.2) is 24.3 Å². The molecule has 1 atom stereocenters. The Kier molecular flexibility index (Phi) is 5.00. The number of rotatable bonds is 4. The summed E-state index contributed by atoms with van der Waals surface area (Å²) in [7, 11) is -2.89. The SMILES string of the molecule is Cc1ccc(C(C)NC(=O)CN2CCS(=O)(=O)CC2)cc1. The first-order chi connectivity index (χ1) is 9.85. The average molecular weight is 310 g/mol. The minimum Gasteiger partial charge on any atom is -0.348 e. The van der Waals surface area contributed by atoms with Crippen LogP contribution in [-0.4, -0.2) is 50.4 Å². The van der Waals surface area contributed by atoms with Gasteiger partial charge in [-0.1, -0.05) is 29.8 Å². The molecule has 1 aromatic carbocycles. The zero-order chi connectivity index (χ0) is 15.5. The van der Waals surface area contributed by atoms with Gasteiger partial charge in [-0.3, -0.25) is 9.69 Å². The summed E-state index contributed by atoms with van der Waals surface area (Å²) < 4.78 is 22.7. The molecule has 0 saturated carbocycles. The van der Waals surface area contributed by atoms with Crippen molar-refractivity contribution in [1.29, 1.82) is 0 Å². The highest BCUT2D eigenvalue weighted by Gasteiger charge is 2.23. The third-order valence-electron chi connectivity index (χ3n) is 3.76. The minimum atomic E-state index is -2.89. The monoisotopic (exact) mass is 310 g/mol. The second kappa shape index (κ2) is 6.58. The summed E-state index contributed by atoms with van der Waals surface area (Å²) in [5.74, 6) is 0.226. The number of nitrogens with one attached hydrogen (secondary N) is 1. The van der Waals surface area contributed by atoms with Gasteiger partial charge in [-0.15, -0.1) is 0 Å². The van der Waals surface area contributed by atoms with Gasteiger partial charge in [-0.05, 0) is 19.4 Å². The first kappa shape index (κ1) is 16.0. The summed E-state index contributed by atoms with van der Waals surface area (Å²) in [6, 6.07) is 8.01. The third-order valence-corrected chi connectivity index (χ3v) is 5.37. The Hall–Kier alpha value is -1.40. The van der Waals surface area contributed by atoms with Crippen molar-refractivity contribution in [3.8, 4) is 0 Å². The fraction of sp³-hybridized carbons (Fsp3) is 0.533. The molecular formula is C15H22N2O3S. The standard InChI is InChI=1S/C15H22N2O3S/c1-12-3-5-14(6-4-12)13(2)16-15(18)11-17-7-9-21(19,20)10-8-17/h3-6,13H,7-11H2,1-2H3,(H,16,18). The van der Waals surface area contributed by atoms with Gasteiger partial charge in [0.2, 0.25) is 5.91 Å². The van der Waals surface area contributed by atoms with Gasteiger partial charge in [0, 0.05) is 13.1 Å². The number of carbonyl (C=O) groups is 1. The molecule has 21 heavy (non-hydrogen) atoms. The van der Waals surface area contributed by atoms with Crippen molar-refractivity contribution < 1.29 is 13.2 Å². The summed E-state index contributed by atoms with van der Waals surface area (Å²) in [6.07, 6.45) is 0. The molecule has 1 aliphatic heterocycles. The Morgan fingerprint density at radius 1 is 1.24 bits per heavy atom. The lowest BCUT2D eigenvalue weighted by Gasteiger charge is -2.26. The van der Waals surface area contributed by atoms with E-state index in [1.165, 1.54) is 5.56 Å². The summed E-state index contributed by atoms with van der Waals surface area (Å²) in [5.41, 5.74) is 2.25. The van der Waals surface area contributed by atoms with E-state index in [2.05, 4.69) is 5.32 Å². The van der Waals surface area contributed by atoms with Gasteiger partial charge in [0.1, 0.15) is 0 Å². The van der Waals surface area contributed by atoms with E-state index in [9.17, 15) is 13.2 Å². The maximum absolute atomic E-state index is 12.0. The maximum atomic E-state index is 12.0. The molecule has 1 aromatic rings. The van der Waals surface area contributed by atoms with Crippen LogP contribution >= 0.6 is 0 Å². The lowest BCUT2D eigenvalue weighted by molar-refractivity contribution is -0.122. The van der Waals surface area contributed by atoms with Gasteiger partial charge >= 0.3 is 0 Å². The van der Waals surface area contributed by atoms with Crippen LogP contribution in [-0.2, 0) is 14.6 Å². The molecule has 0 spiro atoms. The fourth-order valence-corrected chi connectivity index (χ4v) is 3.61. The zero-order valence-electron chi connectivity index (χ0n) is 12.5. The molecule has 1 N–H and O–H groups in total. The highest BCUT2D eigenvalue weighted by Crippen LogP contribution is 2.13. The molecular weight excluding hydrogens is 288 g/mol. The number of hydrogen-bond acceptors (Lipinski definition) is 4. The third kappa shape index (κ3) is 4.82. The predicted molar refractivity (Wildman–Crippen MR) is 82.8 cm³/mol. The Morgan fingerprint density at radius 3 is 2.38 bits per heavy atom. The summed E-state index contributed by atoms with van der Waals surface area (Å²) in [4.78, 5) is 13.9. The van der Waals surface area contributed by atoms with E-state index in [0.717, 1.165) is 5.56 Å². The molecule has 1 saturated heterocycles. The molecule has 116 valence electrons. The number of sulfone groups is 1. The molecule has 6 heteroatoms. The highest BCUT2D eigenvalue weighted by atomic mass is 32.2. The minimum absolute atomic E-state index is 0.0494. The van der Waals surface area contributed by atoms with E-state index in [-0.39, 0.29) is 30.0 Å². The van der Waals surface area contributed by atoms with Crippen molar-refractivity contribution in [2.24, 2.45) is 0 Å². The van der Waals surface area contributed by atoms with Gasteiger partial charge in [0.15, 0.2) is 9.84 Å². The summed E-state index contributed by atoms with van der Waals surface area (Å²) >= 11 is 0. The molecule has 1 amide bonds. The average Bonchev–Trinajstić information content (AvgIpc) is 2.42. The van der Waals surface area contributed by atoms with Gasteiger partial charge < -0.3 is 5.32 Å². The number of nitrogens with zero attached hydrogens (tertiary/aromatic N) is 1. The molecule has 0 aromatic heterocycles. The first-order valence-electron chi connectivity index (χ1n) is 7.14. The second-order valence-electron chi connectivity index (χ2n) is 5.63. The normalized spacial score (nSPS) is 19.9. The maximum Gasteiger partial charge on any atom is 0.234 e. The number of hydrogen-bond donors (Lipinski definition) is 1. The van der Waals surface area contributed by atoms with Gasteiger partial charge in [0.05, 0.1) is 24.1 Å². The smallest absolute Gasteiger partial charge is 0.234 e. The molecule has 2 rings (SSSR count). The number of amides is 1. The van der Waals surface area contributed by atoms with Crippen LogP contribution in [0.2, 0.25) is 0 Å². The number of aryl methyl sites for hydroxylation is 1. The summed E-state index contributed by atoms with van der Waals surface area (Å²) in [5, 5.41) is 2.95. The van der Waals surface area contributed by atoms with Crippen LogP contribution in [0.3, 0.4) is 0 Å². The van der Waals surface area contributed by atoms with Crippen LogP contribution in [0.25, 0.3) is 0 Å². The molecule has 0 aliphatic carbocycles. The predicted octanol–water partition coefficient (Wildman–Crippen LogP) is 0.903. The largest absolute Gasteiger partial charge is 0.348 e. The lowest BCUT2D eigenvalue weighted by atomic mass is 10.1. The topological polar surface area (TPSA) is 66.5 Å². The van der Waals surface area contributed by atoms with Crippen LogP contribution in [0.5, 0.6) is 0 Å². The van der Waals surface area contributed by atoms with Crippen LogP contribution < -0.4 is 5.32 Å². The second-order valence-corrected chi connectivity index (χ2v) is 7.93. The van der Waals surface area contributed by atoms with E-state index in [1.54, 1.807) is 0 Å². The van der Waals surface area contributed by atoms with E-state index >= 15 is 0 Å². The Labute approximate surface area is 126 Å². The molecule has 1 heterocycles. The van der Waals surface area contributed by atoms with Gasteiger partial charge in [-0.25, -0.2) is 8.42 Å². The van der Waals surface area contributed by atoms with Crippen molar-refractivity contribution in [2.45, 2.75) is 19.9 Å². The van der Waals surface area contributed by atoms with E-state index in [4.69, 9.17) is 0 Å². The molecule has 1 aliphatic rings. The highest BCUT2D eigenvalue weighted by molar-refractivity contribution is 7.91. The Bertz CT molecular complexity index is 582. The fourth-order valence-electron chi connectivity index (χ4n) is 2.34. The molecule has 1 unspecified atom stereocenters. The molecule has 0 bridgehead atoms. The summed E-state index contributed by atoms with van der Waals surface area (Å²) in [6.45, 7) is 5.11. The lowest BCUT2D eigenvalue weighted by Crippen LogP contribution is -2.45. The van der Waals surface area contributed by atoms with E-state index < -0.39 is 9.84 Å². The zero-order valence-corrected chi connectivity index (χ0v) is 13.3.